The van der Waals surface area contributed by atoms with Crippen molar-refractivity contribution in [3.05, 3.63) is 128 Å². The molecule has 2 fully saturated rings. The second-order valence-electron chi connectivity index (χ2n) is 22.0. The van der Waals surface area contributed by atoms with E-state index >= 15 is 0 Å². The monoisotopic (exact) mass is 1110 g/mol. The molecule has 1 amide bonds. The fraction of sp³-hybridized carbons (Fsp3) is 0.476. The standard InChI is InChI=1S/C34H43N3O7.C29H35N3O5/c1-6-29(38)27-20-25(41-5)21-28-26(27)8-10-32(39)36(28)16-15-35-13-11-24(12-14-35)37(33(40)44-34(2,3)4)22-23-7-9-30-31(19-23)43-18-17-42-30;1-3-26(33)24-17-22(35-2)18-25-23(24)5-7-29(34)32(25)13-12-31-10-8-21(9-11-31)30-19-20-4-6-27-28(16-20)37-15-14-36-27/h7-10,19-21,24H,6,11-18,22H2,1-5H3;4-7,16-18,21,30H,3,8-15,19H2,1-2H3. The third kappa shape index (κ3) is 14.4. The molecule has 10 rings (SSSR count). The zero-order valence-corrected chi connectivity index (χ0v) is 48.0. The molecule has 4 aliphatic heterocycles. The van der Waals surface area contributed by atoms with Gasteiger partial charge in [0.05, 0.1) is 25.3 Å². The highest BCUT2D eigenvalue weighted by atomic mass is 16.6. The normalized spacial score (nSPS) is 15.9. The minimum atomic E-state index is -0.612. The van der Waals surface area contributed by atoms with E-state index in [9.17, 15) is 24.0 Å². The summed E-state index contributed by atoms with van der Waals surface area (Å²) in [5.41, 5.74) is 3.97. The van der Waals surface area contributed by atoms with Crippen LogP contribution in [0.25, 0.3) is 21.8 Å². The third-order valence-corrected chi connectivity index (χ3v) is 15.5. The van der Waals surface area contributed by atoms with Crippen molar-refractivity contribution in [2.75, 3.05) is 79.9 Å². The lowest BCUT2D eigenvalue weighted by molar-refractivity contribution is 0.00560. The number of nitrogens with zero attached hydrogens (tertiary/aromatic N) is 5. The van der Waals surface area contributed by atoms with Gasteiger partial charge < -0.3 is 62.3 Å². The molecule has 0 unspecified atom stereocenters. The van der Waals surface area contributed by atoms with Gasteiger partial charge in [0.15, 0.2) is 34.6 Å². The van der Waals surface area contributed by atoms with Crippen LogP contribution >= 0.6 is 0 Å². The van der Waals surface area contributed by atoms with Crippen LogP contribution in [0.15, 0.2) is 94.5 Å². The predicted octanol–water partition coefficient (Wildman–Crippen LogP) is 8.90. The van der Waals surface area contributed by atoms with Gasteiger partial charge in [0.2, 0.25) is 0 Å². The maximum atomic E-state index is 13.4. The van der Waals surface area contributed by atoms with Gasteiger partial charge in [-0.2, -0.15) is 0 Å². The summed E-state index contributed by atoms with van der Waals surface area (Å²) >= 11 is 0. The van der Waals surface area contributed by atoms with Gasteiger partial charge in [-0.1, -0.05) is 26.0 Å². The fourth-order valence-corrected chi connectivity index (χ4v) is 11.1. The molecule has 0 radical (unpaired) electrons. The van der Waals surface area contributed by atoms with Crippen LogP contribution in [0.5, 0.6) is 34.5 Å². The first-order valence-electron chi connectivity index (χ1n) is 28.6. The number of carbonyl (C=O) groups excluding carboxylic acids is 3. The largest absolute Gasteiger partial charge is 0.497 e. The number of rotatable bonds is 18. The molecule has 18 heteroatoms. The molecular formula is C63H78N6O12. The topological polar surface area (TPSA) is 182 Å². The van der Waals surface area contributed by atoms with Gasteiger partial charge in [0.1, 0.15) is 43.5 Å². The van der Waals surface area contributed by atoms with E-state index in [1.54, 1.807) is 53.7 Å². The third-order valence-electron chi connectivity index (χ3n) is 15.5. The molecule has 2 saturated heterocycles. The molecule has 4 aromatic carbocycles. The van der Waals surface area contributed by atoms with Gasteiger partial charge >= 0.3 is 6.09 Å². The van der Waals surface area contributed by atoms with Gasteiger partial charge in [-0.05, 0) is 119 Å². The first kappa shape index (κ1) is 58.3. The maximum absolute atomic E-state index is 13.4. The number of ether oxygens (including phenoxy) is 7. The molecule has 432 valence electrons. The highest BCUT2D eigenvalue weighted by Crippen LogP contribution is 2.34. The summed E-state index contributed by atoms with van der Waals surface area (Å²) in [7, 11) is 3.14. The summed E-state index contributed by atoms with van der Waals surface area (Å²) in [5, 5.41) is 5.24. The average Bonchev–Trinajstić information content (AvgIpc) is 3.52. The molecule has 1 N–H and O–H groups in total. The minimum Gasteiger partial charge on any atom is -0.497 e. The number of pyridine rings is 2. The number of fused-ring (bicyclic) bond motifs is 4. The van der Waals surface area contributed by atoms with Crippen molar-refractivity contribution in [3.8, 4) is 34.5 Å². The Balaban J connectivity index is 0.000000198. The van der Waals surface area contributed by atoms with E-state index in [0.717, 1.165) is 98.3 Å². The summed E-state index contributed by atoms with van der Waals surface area (Å²) < 4.78 is 43.0. The summed E-state index contributed by atoms with van der Waals surface area (Å²) in [5.74, 6) is 4.25. The van der Waals surface area contributed by atoms with Crippen LogP contribution in [0.2, 0.25) is 0 Å². The van der Waals surface area contributed by atoms with Crippen molar-refractivity contribution in [2.24, 2.45) is 0 Å². The first-order chi connectivity index (χ1) is 39.1. The number of hydrogen-bond acceptors (Lipinski definition) is 15. The van der Waals surface area contributed by atoms with Crippen molar-refractivity contribution in [3.63, 3.8) is 0 Å². The number of aromatic nitrogens is 2. The van der Waals surface area contributed by atoms with Crippen LogP contribution in [0.1, 0.15) is 105 Å². The van der Waals surface area contributed by atoms with Gasteiger partial charge in [0.25, 0.3) is 11.1 Å². The van der Waals surface area contributed by atoms with Crippen molar-refractivity contribution in [2.45, 2.75) is 117 Å². The van der Waals surface area contributed by atoms with E-state index in [2.05, 4.69) is 27.2 Å². The molecular weight excluding hydrogens is 1030 g/mol. The molecule has 6 heterocycles. The molecule has 2 aromatic heterocycles. The molecule has 0 atom stereocenters. The number of benzene rings is 4. The number of amides is 1. The number of nitrogens with one attached hydrogen (secondary N) is 1. The van der Waals surface area contributed by atoms with Gasteiger partial charge in [-0.15, -0.1) is 0 Å². The van der Waals surface area contributed by atoms with E-state index in [0.29, 0.717) is 111 Å². The Kier molecular flexibility index (Phi) is 19.0. The van der Waals surface area contributed by atoms with E-state index in [1.807, 2.05) is 75.9 Å². The van der Waals surface area contributed by atoms with Crippen molar-refractivity contribution in [1.82, 2.24) is 29.2 Å². The second-order valence-corrected chi connectivity index (χ2v) is 22.0. The Hall–Kier alpha value is -7.41. The van der Waals surface area contributed by atoms with Crippen LogP contribution in [0.4, 0.5) is 4.79 Å². The molecule has 6 aromatic rings. The number of likely N-dealkylation sites (tertiary alicyclic amines) is 2. The maximum Gasteiger partial charge on any atom is 0.410 e. The molecule has 18 nitrogen and oxygen atoms in total. The van der Waals surface area contributed by atoms with Crippen LogP contribution in [-0.2, 0) is 30.9 Å². The number of piperidine rings is 2. The van der Waals surface area contributed by atoms with Crippen LogP contribution in [-0.4, -0.2) is 139 Å². The summed E-state index contributed by atoms with van der Waals surface area (Å²) in [6.45, 7) is 18.7. The molecule has 0 spiro atoms. The van der Waals surface area contributed by atoms with Crippen LogP contribution < -0.4 is 44.9 Å². The smallest absolute Gasteiger partial charge is 0.410 e. The summed E-state index contributed by atoms with van der Waals surface area (Å²) in [4.78, 5) is 71.0. The number of methoxy groups -OCH3 is 2. The van der Waals surface area contributed by atoms with Gasteiger partial charge in [-0.25, -0.2) is 4.79 Å². The predicted molar refractivity (Wildman–Crippen MR) is 311 cm³/mol. The first-order valence-corrected chi connectivity index (χ1v) is 28.6. The van der Waals surface area contributed by atoms with E-state index in [-0.39, 0.29) is 34.8 Å². The molecule has 0 bridgehead atoms. The lowest BCUT2D eigenvalue weighted by Gasteiger charge is -2.39. The fourth-order valence-electron chi connectivity index (χ4n) is 11.1. The highest BCUT2D eigenvalue weighted by Gasteiger charge is 2.32. The van der Waals surface area contributed by atoms with Crippen molar-refractivity contribution >= 4 is 39.5 Å². The van der Waals surface area contributed by atoms with E-state index in [1.165, 1.54) is 11.6 Å². The van der Waals surface area contributed by atoms with Crippen molar-refractivity contribution in [1.29, 1.82) is 0 Å². The Labute approximate surface area is 473 Å². The SMILES string of the molecule is CCC(=O)c1cc(OC)cc2c1ccc(=O)n2CCN1CCC(N(Cc2ccc3c(c2)OCCO3)C(=O)OC(C)(C)C)CC1.CCC(=O)c1cc(OC)cc2c1ccc(=O)n2CCN1CCC(NCc2ccc3c(c2)OCCO3)CC1. The molecule has 0 saturated carbocycles. The highest BCUT2D eigenvalue weighted by molar-refractivity contribution is 6.08. The Morgan fingerprint density at radius 2 is 1.04 bits per heavy atom. The summed E-state index contributed by atoms with van der Waals surface area (Å²) in [6.07, 6.45) is 4.09. The number of carbonyl (C=O) groups is 3. The number of ketones is 2. The number of hydrogen-bond donors (Lipinski definition) is 1. The molecule has 0 aliphatic carbocycles. The van der Waals surface area contributed by atoms with E-state index in [4.69, 9.17) is 33.2 Å². The van der Waals surface area contributed by atoms with E-state index < -0.39 is 5.60 Å². The number of Topliss-reactive ketones (excluding diaryl/α,β-unsaturated/α-hetero) is 2. The quantitative estimate of drug-likeness (QED) is 0.0805. The van der Waals surface area contributed by atoms with Crippen LogP contribution in [0, 0.1) is 0 Å². The Morgan fingerprint density at radius 1 is 0.580 bits per heavy atom. The minimum absolute atomic E-state index is 0.00135. The average molecular weight is 1110 g/mol. The molecule has 81 heavy (non-hydrogen) atoms. The van der Waals surface area contributed by atoms with Gasteiger partial charge in [0, 0.05) is 123 Å². The van der Waals surface area contributed by atoms with Gasteiger partial charge in [-0.3, -0.25) is 19.2 Å². The zero-order valence-electron chi connectivity index (χ0n) is 48.0. The van der Waals surface area contributed by atoms with Crippen molar-refractivity contribution < 1.29 is 47.5 Å². The zero-order chi connectivity index (χ0) is 57.2. The lowest BCUT2D eigenvalue weighted by Crippen LogP contribution is -2.49. The van der Waals surface area contributed by atoms with Crippen LogP contribution in [0.3, 0.4) is 0 Å². The summed E-state index contributed by atoms with van der Waals surface area (Å²) in [6, 6.07) is 26.2. The second kappa shape index (κ2) is 26.5. The lowest BCUT2D eigenvalue weighted by atomic mass is 10.0. The molecule has 4 aliphatic rings. The Bertz CT molecular complexity index is 3330. The Morgan fingerprint density at radius 3 is 1.51 bits per heavy atom.